The van der Waals surface area contributed by atoms with Gasteiger partial charge in [0.2, 0.25) is 0 Å². The molecule has 124 valence electrons. The maximum atomic E-state index is 12.3. The lowest BCUT2D eigenvalue weighted by Gasteiger charge is -2.20. The summed E-state index contributed by atoms with van der Waals surface area (Å²) in [5.74, 6) is 0.811. The molecule has 3 rings (SSSR count). The van der Waals surface area contributed by atoms with E-state index in [0.29, 0.717) is 17.4 Å². The molecule has 3 heterocycles. The number of nitrogens with one attached hydrogen (secondary N) is 3. The molecule has 1 amide bonds. The quantitative estimate of drug-likeness (QED) is 0.806. The Morgan fingerprint density at radius 3 is 2.74 bits per heavy atom. The molecule has 0 saturated carbocycles. The predicted octanol–water partition coefficient (Wildman–Crippen LogP) is 2.88. The van der Waals surface area contributed by atoms with Crippen LogP contribution in [-0.4, -0.2) is 34.2 Å². The van der Waals surface area contributed by atoms with Gasteiger partial charge in [-0.15, -0.1) is 11.3 Å². The number of anilines is 1. The number of aromatic nitrogens is 3. The molecule has 1 fully saturated rings. The number of thiazole rings is 1. The first kappa shape index (κ1) is 16.1. The number of hydrogen-bond donors (Lipinski definition) is 3. The van der Waals surface area contributed by atoms with Gasteiger partial charge in [-0.1, -0.05) is 20.8 Å². The lowest BCUT2D eigenvalue weighted by Crippen LogP contribution is -2.26. The van der Waals surface area contributed by atoms with Crippen molar-refractivity contribution in [3.8, 4) is 0 Å². The summed E-state index contributed by atoms with van der Waals surface area (Å²) in [5, 5.41) is 16.2. The zero-order chi connectivity index (χ0) is 16.4. The van der Waals surface area contributed by atoms with E-state index in [1.807, 2.05) is 11.4 Å². The molecule has 1 aliphatic rings. The molecule has 1 aliphatic heterocycles. The number of piperidine rings is 1. The Hall–Kier alpha value is -1.73. The highest BCUT2D eigenvalue weighted by atomic mass is 32.1. The third-order valence-electron chi connectivity index (χ3n) is 4.07. The second kappa shape index (κ2) is 6.41. The average molecular weight is 333 g/mol. The Kier molecular flexibility index (Phi) is 4.50. The fourth-order valence-corrected chi connectivity index (χ4v) is 3.57. The lowest BCUT2D eigenvalue weighted by molar-refractivity contribution is 0.102. The average Bonchev–Trinajstić information content (AvgIpc) is 3.16. The SMILES string of the molecule is CC(C)(C)c1cc(NC(=O)c2csc(C3CCNCC3)n2)n[nH]1. The zero-order valence-electron chi connectivity index (χ0n) is 13.8. The molecule has 3 N–H and O–H groups in total. The molecule has 0 atom stereocenters. The van der Waals surface area contributed by atoms with Gasteiger partial charge < -0.3 is 10.6 Å². The van der Waals surface area contributed by atoms with E-state index in [9.17, 15) is 4.79 Å². The third-order valence-corrected chi connectivity index (χ3v) is 5.08. The van der Waals surface area contributed by atoms with E-state index in [1.165, 1.54) is 0 Å². The van der Waals surface area contributed by atoms with Crippen molar-refractivity contribution in [3.63, 3.8) is 0 Å². The number of nitrogens with zero attached hydrogens (tertiary/aromatic N) is 2. The fourth-order valence-electron chi connectivity index (χ4n) is 2.60. The normalized spacial score (nSPS) is 16.5. The van der Waals surface area contributed by atoms with Crippen molar-refractivity contribution in [1.29, 1.82) is 0 Å². The van der Waals surface area contributed by atoms with Gasteiger partial charge in [0, 0.05) is 28.5 Å². The van der Waals surface area contributed by atoms with Crippen LogP contribution >= 0.6 is 11.3 Å². The summed E-state index contributed by atoms with van der Waals surface area (Å²) in [6.07, 6.45) is 2.17. The Morgan fingerprint density at radius 1 is 1.35 bits per heavy atom. The predicted molar refractivity (Wildman–Crippen MR) is 92.2 cm³/mol. The molecular weight excluding hydrogens is 310 g/mol. The monoisotopic (exact) mass is 333 g/mol. The summed E-state index contributed by atoms with van der Waals surface area (Å²) in [7, 11) is 0. The second-order valence-corrected chi connectivity index (χ2v) is 7.86. The van der Waals surface area contributed by atoms with Crippen LogP contribution in [0.5, 0.6) is 0 Å². The Labute approximate surface area is 140 Å². The number of H-pyrrole nitrogens is 1. The van der Waals surface area contributed by atoms with Crippen LogP contribution in [0.25, 0.3) is 0 Å². The summed E-state index contributed by atoms with van der Waals surface area (Å²) in [6.45, 7) is 8.33. The van der Waals surface area contributed by atoms with E-state index >= 15 is 0 Å². The van der Waals surface area contributed by atoms with Crippen molar-refractivity contribution in [3.05, 3.63) is 27.8 Å². The molecule has 0 aliphatic carbocycles. The van der Waals surface area contributed by atoms with Crippen LogP contribution in [0.15, 0.2) is 11.4 Å². The third kappa shape index (κ3) is 3.79. The van der Waals surface area contributed by atoms with Crippen molar-refractivity contribution in [2.45, 2.75) is 44.9 Å². The molecule has 0 unspecified atom stereocenters. The minimum atomic E-state index is -0.201. The van der Waals surface area contributed by atoms with E-state index in [-0.39, 0.29) is 11.3 Å². The van der Waals surface area contributed by atoms with Crippen LogP contribution in [0.3, 0.4) is 0 Å². The molecule has 0 spiro atoms. The standard InChI is InChI=1S/C16H23N5OS/c1-16(2,3)12-8-13(21-20-12)19-14(22)11-9-23-15(18-11)10-4-6-17-7-5-10/h8-10,17H,4-7H2,1-3H3,(H2,19,20,21,22). The van der Waals surface area contributed by atoms with Gasteiger partial charge in [-0.25, -0.2) is 4.98 Å². The van der Waals surface area contributed by atoms with Crippen LogP contribution in [0.4, 0.5) is 5.82 Å². The molecule has 6 nitrogen and oxygen atoms in total. The van der Waals surface area contributed by atoms with Gasteiger partial charge in [0.15, 0.2) is 5.82 Å². The summed E-state index contributed by atoms with van der Waals surface area (Å²) in [4.78, 5) is 16.9. The van der Waals surface area contributed by atoms with Gasteiger partial charge >= 0.3 is 0 Å². The fraction of sp³-hybridized carbons (Fsp3) is 0.562. The first-order valence-corrected chi connectivity index (χ1v) is 8.85. The highest BCUT2D eigenvalue weighted by Gasteiger charge is 2.21. The Balaban J connectivity index is 1.66. The Morgan fingerprint density at radius 2 is 2.09 bits per heavy atom. The molecule has 23 heavy (non-hydrogen) atoms. The summed E-state index contributed by atoms with van der Waals surface area (Å²) >= 11 is 1.58. The van der Waals surface area contributed by atoms with Crippen molar-refractivity contribution < 1.29 is 4.79 Å². The van der Waals surface area contributed by atoms with Gasteiger partial charge in [-0.05, 0) is 25.9 Å². The number of hydrogen-bond acceptors (Lipinski definition) is 5. The molecule has 0 radical (unpaired) electrons. The molecule has 2 aromatic rings. The number of carbonyl (C=O) groups is 1. The highest BCUT2D eigenvalue weighted by Crippen LogP contribution is 2.28. The largest absolute Gasteiger partial charge is 0.317 e. The summed E-state index contributed by atoms with van der Waals surface area (Å²) in [5.41, 5.74) is 1.43. The van der Waals surface area contributed by atoms with E-state index in [2.05, 4.69) is 46.6 Å². The summed E-state index contributed by atoms with van der Waals surface area (Å²) < 4.78 is 0. The van der Waals surface area contributed by atoms with E-state index in [1.54, 1.807) is 11.3 Å². The zero-order valence-corrected chi connectivity index (χ0v) is 14.6. The minimum Gasteiger partial charge on any atom is -0.317 e. The molecule has 2 aromatic heterocycles. The van der Waals surface area contributed by atoms with Crippen LogP contribution < -0.4 is 10.6 Å². The molecule has 1 saturated heterocycles. The topological polar surface area (TPSA) is 82.7 Å². The van der Waals surface area contributed by atoms with Crippen molar-refractivity contribution in [1.82, 2.24) is 20.5 Å². The number of aromatic amines is 1. The molecule has 7 heteroatoms. The second-order valence-electron chi connectivity index (χ2n) is 6.97. The van der Waals surface area contributed by atoms with Crippen LogP contribution in [0.1, 0.15) is 60.7 Å². The lowest BCUT2D eigenvalue weighted by atomic mass is 9.92. The molecule has 0 bridgehead atoms. The van der Waals surface area contributed by atoms with Crippen LogP contribution in [0.2, 0.25) is 0 Å². The van der Waals surface area contributed by atoms with Crippen LogP contribution in [-0.2, 0) is 5.41 Å². The molecular formula is C16H23N5OS. The van der Waals surface area contributed by atoms with Gasteiger partial charge in [0.1, 0.15) is 5.69 Å². The van der Waals surface area contributed by atoms with Gasteiger partial charge in [0.25, 0.3) is 5.91 Å². The first-order chi connectivity index (χ1) is 10.9. The van der Waals surface area contributed by atoms with E-state index in [0.717, 1.165) is 36.6 Å². The minimum absolute atomic E-state index is 0.0290. The highest BCUT2D eigenvalue weighted by molar-refractivity contribution is 7.09. The number of rotatable bonds is 3. The Bertz CT molecular complexity index is 679. The van der Waals surface area contributed by atoms with Crippen molar-refractivity contribution in [2.24, 2.45) is 0 Å². The number of amides is 1. The first-order valence-electron chi connectivity index (χ1n) is 7.97. The maximum Gasteiger partial charge on any atom is 0.276 e. The summed E-state index contributed by atoms with van der Waals surface area (Å²) in [6, 6.07) is 1.87. The van der Waals surface area contributed by atoms with Gasteiger partial charge in [-0.2, -0.15) is 5.10 Å². The van der Waals surface area contributed by atoms with Gasteiger partial charge in [-0.3, -0.25) is 9.89 Å². The number of carbonyl (C=O) groups excluding carboxylic acids is 1. The van der Waals surface area contributed by atoms with Crippen molar-refractivity contribution in [2.75, 3.05) is 18.4 Å². The smallest absolute Gasteiger partial charge is 0.276 e. The van der Waals surface area contributed by atoms with E-state index in [4.69, 9.17) is 0 Å². The van der Waals surface area contributed by atoms with Crippen LogP contribution in [0, 0.1) is 0 Å². The van der Waals surface area contributed by atoms with Gasteiger partial charge in [0.05, 0.1) is 5.01 Å². The molecule has 0 aromatic carbocycles. The van der Waals surface area contributed by atoms with Crippen molar-refractivity contribution >= 4 is 23.1 Å². The maximum absolute atomic E-state index is 12.3. The van der Waals surface area contributed by atoms with E-state index < -0.39 is 0 Å².